The predicted molar refractivity (Wildman–Crippen MR) is 43.5 cm³/mol. The van der Waals surface area contributed by atoms with Gasteiger partial charge in [-0.3, -0.25) is 4.68 Å². The highest BCUT2D eigenvalue weighted by Gasteiger charge is 2.39. The van der Waals surface area contributed by atoms with Crippen LogP contribution >= 0.6 is 0 Å². The van der Waals surface area contributed by atoms with E-state index < -0.39 is 11.9 Å². The first kappa shape index (κ1) is 9.51. The summed E-state index contributed by atoms with van der Waals surface area (Å²) in [6, 6.07) is 0.825. The van der Waals surface area contributed by atoms with Crippen molar-refractivity contribution in [2.75, 3.05) is 0 Å². The van der Waals surface area contributed by atoms with Gasteiger partial charge in [-0.2, -0.15) is 18.3 Å². The van der Waals surface area contributed by atoms with Crippen molar-refractivity contribution in [1.82, 2.24) is 9.78 Å². The zero-order valence-electron chi connectivity index (χ0n) is 7.33. The van der Waals surface area contributed by atoms with Crippen LogP contribution in [0.2, 0.25) is 0 Å². The molecule has 2 rings (SSSR count). The molecule has 0 saturated heterocycles. The van der Waals surface area contributed by atoms with Crippen LogP contribution in [-0.4, -0.2) is 15.8 Å². The summed E-state index contributed by atoms with van der Waals surface area (Å²) in [6.45, 7) is 0. The van der Waals surface area contributed by atoms with Crippen molar-refractivity contribution in [3.8, 4) is 0 Å². The highest BCUT2D eigenvalue weighted by atomic mass is 19.4. The third-order valence-corrected chi connectivity index (χ3v) is 2.46. The van der Waals surface area contributed by atoms with Gasteiger partial charge in [-0.15, -0.1) is 0 Å². The normalized spacial score (nSPS) is 27.4. The van der Waals surface area contributed by atoms with E-state index in [4.69, 9.17) is 5.73 Å². The van der Waals surface area contributed by atoms with E-state index >= 15 is 0 Å². The molecule has 1 heterocycles. The summed E-state index contributed by atoms with van der Waals surface area (Å²) >= 11 is 0. The van der Waals surface area contributed by atoms with Crippen LogP contribution in [-0.2, 0) is 6.18 Å². The van der Waals surface area contributed by atoms with E-state index in [0.717, 1.165) is 10.7 Å². The van der Waals surface area contributed by atoms with E-state index in [1.807, 2.05) is 0 Å². The molecular weight excluding hydrogens is 195 g/mol. The number of hydrogen-bond acceptors (Lipinski definition) is 2. The van der Waals surface area contributed by atoms with Crippen LogP contribution in [0.4, 0.5) is 13.2 Å². The fourth-order valence-electron chi connectivity index (χ4n) is 1.66. The maximum Gasteiger partial charge on any atom is 0.433 e. The number of aromatic nitrogens is 2. The second-order valence-electron chi connectivity index (χ2n) is 3.54. The molecule has 14 heavy (non-hydrogen) atoms. The zero-order valence-corrected chi connectivity index (χ0v) is 7.33. The van der Waals surface area contributed by atoms with Crippen LogP contribution in [0.1, 0.15) is 24.6 Å². The molecule has 1 aromatic rings. The lowest BCUT2D eigenvalue weighted by Crippen LogP contribution is -2.39. The average molecular weight is 205 g/mol. The average Bonchev–Trinajstić information content (AvgIpc) is 2.44. The van der Waals surface area contributed by atoms with Crippen molar-refractivity contribution in [3.05, 3.63) is 18.0 Å². The molecule has 0 aromatic carbocycles. The van der Waals surface area contributed by atoms with Crippen LogP contribution in [0, 0.1) is 0 Å². The van der Waals surface area contributed by atoms with Crippen LogP contribution in [0.3, 0.4) is 0 Å². The Kier molecular flexibility index (Phi) is 2.02. The monoisotopic (exact) mass is 205 g/mol. The van der Waals surface area contributed by atoms with Gasteiger partial charge in [-0.05, 0) is 18.9 Å². The number of nitrogens with two attached hydrogens (primary N) is 1. The Hall–Kier alpha value is -1.04. The molecule has 0 bridgehead atoms. The molecule has 2 N–H and O–H groups in total. The number of halogens is 3. The summed E-state index contributed by atoms with van der Waals surface area (Å²) in [5.41, 5.74) is 4.83. The number of hydrogen-bond donors (Lipinski definition) is 1. The van der Waals surface area contributed by atoms with Gasteiger partial charge in [0.1, 0.15) is 5.69 Å². The summed E-state index contributed by atoms with van der Waals surface area (Å²) in [6.07, 6.45) is -2.00. The second kappa shape index (κ2) is 2.98. The number of nitrogens with zero attached hydrogens (tertiary/aromatic N) is 2. The first-order chi connectivity index (χ1) is 6.48. The Morgan fingerprint density at radius 1 is 1.43 bits per heavy atom. The van der Waals surface area contributed by atoms with Crippen LogP contribution in [0.15, 0.2) is 12.3 Å². The van der Waals surface area contributed by atoms with Gasteiger partial charge in [0.15, 0.2) is 0 Å². The van der Waals surface area contributed by atoms with E-state index in [0.29, 0.717) is 12.8 Å². The van der Waals surface area contributed by atoms with Crippen molar-refractivity contribution >= 4 is 0 Å². The van der Waals surface area contributed by atoms with Crippen LogP contribution in [0.25, 0.3) is 0 Å². The maximum atomic E-state index is 12.4. The minimum atomic E-state index is -4.32. The first-order valence-electron chi connectivity index (χ1n) is 4.35. The SMILES string of the molecule is N[C@H]1C[C@H](n2nccc2C(F)(F)F)C1. The highest BCUT2D eigenvalue weighted by Crippen LogP contribution is 2.36. The summed E-state index contributed by atoms with van der Waals surface area (Å²) in [5, 5.41) is 3.68. The first-order valence-corrected chi connectivity index (χ1v) is 4.35. The highest BCUT2D eigenvalue weighted by molar-refractivity contribution is 5.08. The minimum absolute atomic E-state index is 0.0188. The molecule has 1 aliphatic rings. The Balaban J connectivity index is 2.22. The lowest BCUT2D eigenvalue weighted by molar-refractivity contribution is -0.145. The third-order valence-electron chi connectivity index (χ3n) is 2.46. The van der Waals surface area contributed by atoms with Gasteiger partial charge >= 0.3 is 6.18 Å². The Morgan fingerprint density at radius 2 is 2.07 bits per heavy atom. The van der Waals surface area contributed by atoms with Crippen molar-refractivity contribution in [2.45, 2.75) is 31.1 Å². The minimum Gasteiger partial charge on any atom is -0.328 e. The van der Waals surface area contributed by atoms with E-state index in [2.05, 4.69) is 5.10 Å². The van der Waals surface area contributed by atoms with E-state index in [1.54, 1.807) is 0 Å². The molecule has 0 unspecified atom stereocenters. The number of alkyl halides is 3. The van der Waals surface area contributed by atoms with Gasteiger partial charge in [-0.25, -0.2) is 0 Å². The third kappa shape index (κ3) is 1.50. The van der Waals surface area contributed by atoms with Crippen molar-refractivity contribution in [2.24, 2.45) is 5.73 Å². The van der Waals surface area contributed by atoms with Gasteiger partial charge in [0.05, 0.1) is 6.04 Å². The largest absolute Gasteiger partial charge is 0.433 e. The predicted octanol–water partition coefficient (Wildman–Crippen LogP) is 1.56. The topological polar surface area (TPSA) is 43.8 Å². The molecule has 78 valence electrons. The zero-order chi connectivity index (χ0) is 10.3. The molecule has 3 nitrogen and oxygen atoms in total. The van der Waals surface area contributed by atoms with Crippen molar-refractivity contribution in [1.29, 1.82) is 0 Å². The van der Waals surface area contributed by atoms with Gasteiger partial charge in [0.2, 0.25) is 0 Å². The summed E-state index contributed by atoms with van der Waals surface area (Å²) in [7, 11) is 0. The molecule has 0 amide bonds. The molecular formula is C8H10F3N3. The van der Waals surface area contributed by atoms with E-state index in [9.17, 15) is 13.2 Å². The summed E-state index contributed by atoms with van der Waals surface area (Å²) < 4.78 is 38.3. The molecule has 0 aliphatic heterocycles. The quantitative estimate of drug-likeness (QED) is 0.756. The Bertz CT molecular complexity index is 325. The lowest BCUT2D eigenvalue weighted by atomic mass is 9.87. The fraction of sp³-hybridized carbons (Fsp3) is 0.625. The van der Waals surface area contributed by atoms with Crippen LogP contribution < -0.4 is 5.73 Å². The number of rotatable bonds is 1. The van der Waals surface area contributed by atoms with Crippen molar-refractivity contribution < 1.29 is 13.2 Å². The van der Waals surface area contributed by atoms with Crippen LogP contribution in [0.5, 0.6) is 0 Å². The fourth-order valence-corrected chi connectivity index (χ4v) is 1.66. The van der Waals surface area contributed by atoms with Gasteiger partial charge in [0.25, 0.3) is 0 Å². The van der Waals surface area contributed by atoms with Crippen molar-refractivity contribution in [3.63, 3.8) is 0 Å². The Labute approximate surface area is 78.7 Å². The maximum absolute atomic E-state index is 12.4. The lowest BCUT2D eigenvalue weighted by Gasteiger charge is -2.33. The molecule has 0 radical (unpaired) electrons. The molecule has 1 aliphatic carbocycles. The van der Waals surface area contributed by atoms with Gasteiger partial charge < -0.3 is 5.73 Å². The van der Waals surface area contributed by atoms with E-state index in [-0.39, 0.29) is 12.1 Å². The van der Waals surface area contributed by atoms with E-state index in [1.165, 1.54) is 6.20 Å². The molecule has 0 spiro atoms. The summed E-state index contributed by atoms with van der Waals surface area (Å²) in [5.74, 6) is 0. The molecule has 1 fully saturated rings. The molecule has 1 saturated carbocycles. The molecule has 0 atom stereocenters. The Morgan fingerprint density at radius 3 is 2.57 bits per heavy atom. The van der Waals surface area contributed by atoms with Gasteiger partial charge in [0, 0.05) is 12.2 Å². The summed E-state index contributed by atoms with van der Waals surface area (Å²) in [4.78, 5) is 0. The molecule has 1 aromatic heterocycles. The standard InChI is InChI=1S/C8H10F3N3/c9-8(10,11)7-1-2-13-14(7)6-3-5(12)4-6/h1-2,5-6H,3-4,12H2/t5-,6-. The second-order valence-corrected chi connectivity index (χ2v) is 3.54. The smallest absolute Gasteiger partial charge is 0.328 e. The van der Waals surface area contributed by atoms with Gasteiger partial charge in [-0.1, -0.05) is 0 Å². The molecule has 6 heteroatoms.